The van der Waals surface area contributed by atoms with Crippen LogP contribution >= 0.6 is 11.3 Å². The summed E-state index contributed by atoms with van der Waals surface area (Å²) < 4.78 is 1.62. The molecular weight excluding hydrogens is 306 g/mol. The Balaban J connectivity index is 1.66. The zero-order valence-corrected chi connectivity index (χ0v) is 14.1. The van der Waals surface area contributed by atoms with Crippen molar-refractivity contribution in [2.24, 2.45) is 0 Å². The number of thiophene rings is 1. The molecule has 1 aliphatic rings. The Morgan fingerprint density at radius 2 is 2.22 bits per heavy atom. The molecule has 118 valence electrons. The van der Waals surface area contributed by atoms with Crippen LogP contribution in [0.15, 0.2) is 40.6 Å². The highest BCUT2D eigenvalue weighted by Gasteiger charge is 2.25. The van der Waals surface area contributed by atoms with E-state index < -0.39 is 0 Å². The normalized spacial score (nSPS) is 18.3. The Kier molecular flexibility index (Phi) is 3.54. The molecule has 0 spiro atoms. The maximum absolute atomic E-state index is 12.3. The average Bonchev–Trinajstić information content (AvgIpc) is 3.00. The summed E-state index contributed by atoms with van der Waals surface area (Å²) in [4.78, 5) is 20.9. The van der Waals surface area contributed by atoms with Gasteiger partial charge in [-0.05, 0) is 48.9 Å². The molecule has 0 radical (unpaired) electrons. The van der Waals surface area contributed by atoms with Crippen LogP contribution in [-0.4, -0.2) is 20.8 Å². The number of fused-ring (bicyclic) bond motifs is 2. The molecule has 3 aromatic rings. The quantitative estimate of drug-likeness (QED) is 0.726. The molecule has 5 heteroatoms. The van der Waals surface area contributed by atoms with E-state index in [-0.39, 0.29) is 5.56 Å². The van der Waals surface area contributed by atoms with Gasteiger partial charge >= 0.3 is 0 Å². The molecule has 0 saturated carbocycles. The number of nitrogens with zero attached hydrogens (tertiary/aromatic N) is 3. The highest BCUT2D eigenvalue weighted by molar-refractivity contribution is 7.10. The summed E-state index contributed by atoms with van der Waals surface area (Å²) in [5, 5.41) is 2.17. The third-order valence-corrected chi connectivity index (χ3v) is 5.63. The molecular formula is C18H19N3OS. The highest BCUT2D eigenvalue weighted by atomic mass is 32.1. The third kappa shape index (κ3) is 2.60. The van der Waals surface area contributed by atoms with Crippen molar-refractivity contribution in [1.82, 2.24) is 14.3 Å². The van der Waals surface area contributed by atoms with Gasteiger partial charge in [0.15, 0.2) is 0 Å². The topological polar surface area (TPSA) is 37.6 Å². The van der Waals surface area contributed by atoms with E-state index in [9.17, 15) is 4.79 Å². The Morgan fingerprint density at radius 3 is 3.09 bits per heavy atom. The van der Waals surface area contributed by atoms with Crippen LogP contribution in [0.2, 0.25) is 0 Å². The summed E-state index contributed by atoms with van der Waals surface area (Å²) in [6.07, 6.45) is 2.93. The van der Waals surface area contributed by atoms with Crippen molar-refractivity contribution in [3.63, 3.8) is 0 Å². The second kappa shape index (κ2) is 5.58. The standard InChI is InChI=1S/C18H19N3OS/c1-12-3-4-17-19-14(9-18(22)21(17)10-12)11-20-7-5-16-15(13(20)2)6-8-23-16/h3-4,6,8-10,13H,5,7,11H2,1-2H3/t13-/m0/s1. The molecule has 4 heterocycles. The summed E-state index contributed by atoms with van der Waals surface area (Å²) in [6, 6.07) is 8.18. The lowest BCUT2D eigenvalue weighted by molar-refractivity contribution is 0.189. The fraction of sp³-hybridized carbons (Fsp3) is 0.333. The van der Waals surface area contributed by atoms with E-state index in [2.05, 4.69) is 28.3 Å². The summed E-state index contributed by atoms with van der Waals surface area (Å²) in [5.74, 6) is 0. The summed E-state index contributed by atoms with van der Waals surface area (Å²) in [7, 11) is 0. The third-order valence-electron chi connectivity index (χ3n) is 4.63. The molecule has 0 unspecified atom stereocenters. The van der Waals surface area contributed by atoms with Gasteiger partial charge in [-0.3, -0.25) is 14.1 Å². The second-order valence-corrected chi connectivity index (χ2v) is 7.22. The van der Waals surface area contributed by atoms with Crippen LogP contribution in [0.3, 0.4) is 0 Å². The van der Waals surface area contributed by atoms with E-state index in [1.165, 1.54) is 10.4 Å². The van der Waals surface area contributed by atoms with Crippen LogP contribution in [0.25, 0.3) is 5.65 Å². The molecule has 1 aliphatic heterocycles. The summed E-state index contributed by atoms with van der Waals surface area (Å²) in [6.45, 7) is 5.95. The highest BCUT2D eigenvalue weighted by Crippen LogP contribution is 2.33. The fourth-order valence-corrected chi connectivity index (χ4v) is 4.29. The molecule has 23 heavy (non-hydrogen) atoms. The molecule has 1 atom stereocenters. The van der Waals surface area contributed by atoms with E-state index in [0.717, 1.165) is 36.4 Å². The largest absolute Gasteiger partial charge is 0.290 e. The minimum Gasteiger partial charge on any atom is -0.290 e. The zero-order chi connectivity index (χ0) is 16.0. The average molecular weight is 325 g/mol. The number of rotatable bonds is 2. The Morgan fingerprint density at radius 1 is 1.35 bits per heavy atom. The van der Waals surface area contributed by atoms with Gasteiger partial charge in [-0.25, -0.2) is 4.98 Å². The first kappa shape index (κ1) is 14.6. The van der Waals surface area contributed by atoms with Gasteiger partial charge in [0.2, 0.25) is 0 Å². The van der Waals surface area contributed by atoms with Crippen LogP contribution in [0.1, 0.15) is 34.7 Å². The molecule has 0 fully saturated rings. The van der Waals surface area contributed by atoms with Gasteiger partial charge in [0.05, 0.1) is 5.69 Å². The summed E-state index contributed by atoms with van der Waals surface area (Å²) in [5.41, 5.74) is 4.05. The van der Waals surface area contributed by atoms with Gasteiger partial charge in [0.1, 0.15) is 5.65 Å². The van der Waals surface area contributed by atoms with Crippen LogP contribution in [-0.2, 0) is 13.0 Å². The van der Waals surface area contributed by atoms with Crippen molar-refractivity contribution in [1.29, 1.82) is 0 Å². The van der Waals surface area contributed by atoms with Crippen molar-refractivity contribution in [3.8, 4) is 0 Å². The number of hydrogen-bond acceptors (Lipinski definition) is 4. The van der Waals surface area contributed by atoms with Crippen molar-refractivity contribution in [3.05, 3.63) is 67.9 Å². The van der Waals surface area contributed by atoms with Crippen molar-refractivity contribution >= 4 is 17.0 Å². The van der Waals surface area contributed by atoms with E-state index in [1.54, 1.807) is 10.5 Å². The predicted octanol–water partition coefficient (Wildman–Crippen LogP) is 3.18. The zero-order valence-electron chi connectivity index (χ0n) is 13.3. The summed E-state index contributed by atoms with van der Waals surface area (Å²) >= 11 is 1.85. The molecule has 0 saturated heterocycles. The predicted molar refractivity (Wildman–Crippen MR) is 93.0 cm³/mol. The van der Waals surface area contributed by atoms with Gasteiger partial charge < -0.3 is 0 Å². The van der Waals surface area contributed by atoms with Gasteiger partial charge in [-0.1, -0.05) is 6.07 Å². The maximum atomic E-state index is 12.3. The minimum absolute atomic E-state index is 0.00501. The van der Waals surface area contributed by atoms with E-state index in [4.69, 9.17) is 0 Å². The molecule has 0 bridgehead atoms. The monoisotopic (exact) mass is 325 g/mol. The minimum atomic E-state index is -0.00501. The van der Waals surface area contributed by atoms with Crippen molar-refractivity contribution < 1.29 is 0 Å². The second-order valence-electron chi connectivity index (χ2n) is 6.22. The first-order valence-electron chi connectivity index (χ1n) is 7.91. The number of pyridine rings is 1. The van der Waals surface area contributed by atoms with E-state index in [1.807, 2.05) is 36.6 Å². The molecule has 4 rings (SSSR count). The van der Waals surface area contributed by atoms with E-state index in [0.29, 0.717) is 6.04 Å². The molecule has 0 aromatic carbocycles. The molecule has 0 N–H and O–H groups in total. The lowest BCUT2D eigenvalue weighted by Gasteiger charge is -2.33. The first-order valence-corrected chi connectivity index (χ1v) is 8.79. The smallest absolute Gasteiger partial charge is 0.258 e. The van der Waals surface area contributed by atoms with Crippen molar-refractivity contribution in [2.45, 2.75) is 32.9 Å². The van der Waals surface area contributed by atoms with Crippen molar-refractivity contribution in [2.75, 3.05) is 6.54 Å². The van der Waals surface area contributed by atoms with Crippen LogP contribution < -0.4 is 5.56 Å². The Hall–Kier alpha value is -1.98. The Labute approximate surface area is 139 Å². The van der Waals surface area contributed by atoms with Gasteiger partial charge in [-0.15, -0.1) is 11.3 Å². The number of aromatic nitrogens is 2. The number of aryl methyl sites for hydroxylation is 1. The molecule has 4 nitrogen and oxygen atoms in total. The maximum Gasteiger partial charge on any atom is 0.258 e. The lowest BCUT2D eigenvalue weighted by Crippen LogP contribution is -2.33. The fourth-order valence-electron chi connectivity index (χ4n) is 3.32. The molecule has 0 amide bonds. The molecule has 3 aromatic heterocycles. The van der Waals surface area contributed by atoms with Gasteiger partial charge in [-0.2, -0.15) is 0 Å². The Bertz CT molecular complexity index is 927. The lowest BCUT2D eigenvalue weighted by atomic mass is 10.0. The SMILES string of the molecule is Cc1ccc2nc(CN3CCc4sccc4[C@@H]3C)cc(=O)n2c1. The first-order chi connectivity index (χ1) is 11.1. The van der Waals surface area contributed by atoms with Crippen LogP contribution in [0, 0.1) is 6.92 Å². The van der Waals surface area contributed by atoms with Crippen LogP contribution in [0.5, 0.6) is 0 Å². The molecule has 0 aliphatic carbocycles. The number of hydrogen-bond donors (Lipinski definition) is 0. The van der Waals surface area contributed by atoms with Gasteiger partial charge in [0, 0.05) is 36.3 Å². The van der Waals surface area contributed by atoms with Crippen LogP contribution in [0.4, 0.5) is 0 Å². The van der Waals surface area contributed by atoms with E-state index >= 15 is 0 Å². The van der Waals surface area contributed by atoms with Gasteiger partial charge in [0.25, 0.3) is 5.56 Å².